The molecule has 0 bridgehead atoms. The summed E-state index contributed by atoms with van der Waals surface area (Å²) in [5.74, 6) is 1.10. The van der Waals surface area contributed by atoms with E-state index in [0.717, 1.165) is 80.5 Å². The van der Waals surface area contributed by atoms with Crippen LogP contribution in [-0.4, -0.2) is 11.5 Å². The van der Waals surface area contributed by atoms with Gasteiger partial charge in [0.05, 0.1) is 11.4 Å². The maximum Gasteiger partial charge on any atom is 0.160 e. The molecule has 70 heavy (non-hydrogen) atoms. The van der Waals surface area contributed by atoms with Gasteiger partial charge in [-0.05, 0) is 151 Å². The lowest BCUT2D eigenvalue weighted by molar-refractivity contribution is 0.567. The molecule has 0 spiro atoms. The minimum absolute atomic E-state index is 0.157. The Morgan fingerprint density at radius 3 is 1.69 bits per heavy atom. The van der Waals surface area contributed by atoms with Crippen molar-refractivity contribution in [2.24, 2.45) is 9.98 Å². The SMILES string of the molecule is C/C1=C(/c2ccc(-c3ccccc3)cc2)N=C(c2ccc3oc4cc5ccccc5cc4c3c2CC2c3ccccc3-c3cc4ccccc4cc3C2C)N=C(c2ccc(-c3ccccc3)cc2)CC1. The molecule has 2 unspecified atom stereocenters. The van der Waals surface area contributed by atoms with Gasteiger partial charge in [0.2, 0.25) is 0 Å². The van der Waals surface area contributed by atoms with Gasteiger partial charge in [0.25, 0.3) is 0 Å². The first-order chi connectivity index (χ1) is 34.5. The number of allylic oxidation sites excluding steroid dienone is 1. The maximum atomic E-state index is 6.89. The van der Waals surface area contributed by atoms with Gasteiger partial charge in [-0.1, -0.05) is 195 Å². The summed E-state index contributed by atoms with van der Waals surface area (Å²) in [6.07, 6.45) is 2.37. The highest BCUT2D eigenvalue weighted by Gasteiger charge is 2.33. The van der Waals surface area contributed by atoms with Crippen LogP contribution >= 0.6 is 0 Å². The average Bonchev–Trinajstić information content (AvgIpc) is 3.78. The molecule has 3 nitrogen and oxygen atoms in total. The van der Waals surface area contributed by atoms with Crippen molar-refractivity contribution in [1.29, 1.82) is 0 Å². The number of amidine groups is 1. The van der Waals surface area contributed by atoms with Crippen molar-refractivity contribution >= 4 is 60.7 Å². The molecular weight excluding hydrogens is 849 g/mol. The molecule has 3 heteroatoms. The van der Waals surface area contributed by atoms with Crippen molar-refractivity contribution in [3.63, 3.8) is 0 Å². The van der Waals surface area contributed by atoms with Gasteiger partial charge < -0.3 is 4.42 Å². The second-order valence-corrected chi connectivity index (χ2v) is 19.2. The Morgan fingerprint density at radius 1 is 0.443 bits per heavy atom. The van der Waals surface area contributed by atoms with Crippen molar-refractivity contribution in [3.8, 4) is 33.4 Å². The highest BCUT2D eigenvalue weighted by molar-refractivity contribution is 6.19. The Balaban J connectivity index is 1.04. The van der Waals surface area contributed by atoms with Crippen LogP contribution in [0.1, 0.15) is 71.9 Å². The summed E-state index contributed by atoms with van der Waals surface area (Å²) >= 11 is 0. The van der Waals surface area contributed by atoms with Crippen LogP contribution in [0.4, 0.5) is 0 Å². The number of rotatable bonds is 7. The lowest BCUT2D eigenvalue weighted by Crippen LogP contribution is -2.20. The smallest absolute Gasteiger partial charge is 0.160 e. The number of fused-ring (bicyclic) bond motifs is 8. The summed E-state index contributed by atoms with van der Waals surface area (Å²) < 4.78 is 6.89. The first-order valence-corrected chi connectivity index (χ1v) is 24.7. The monoisotopic (exact) mass is 898 g/mol. The van der Waals surface area contributed by atoms with Crippen LogP contribution in [0.15, 0.2) is 238 Å². The number of hydrogen-bond acceptors (Lipinski definition) is 3. The molecule has 2 atom stereocenters. The van der Waals surface area contributed by atoms with E-state index >= 15 is 0 Å². The lowest BCUT2D eigenvalue weighted by Gasteiger charge is -2.34. The van der Waals surface area contributed by atoms with E-state index in [1.165, 1.54) is 71.8 Å². The van der Waals surface area contributed by atoms with Gasteiger partial charge >= 0.3 is 0 Å². The van der Waals surface area contributed by atoms with Crippen molar-refractivity contribution in [1.82, 2.24) is 0 Å². The first-order valence-electron chi connectivity index (χ1n) is 24.7. The van der Waals surface area contributed by atoms with Crippen molar-refractivity contribution in [2.45, 2.75) is 44.9 Å². The Hall–Kier alpha value is -8.40. The Bertz CT molecular complexity index is 3910. The zero-order valence-electron chi connectivity index (χ0n) is 39.4. The molecule has 1 aliphatic heterocycles. The van der Waals surface area contributed by atoms with E-state index in [0.29, 0.717) is 0 Å². The normalized spacial score (nSPS) is 16.9. The van der Waals surface area contributed by atoms with Crippen LogP contribution in [0.25, 0.3) is 82.6 Å². The van der Waals surface area contributed by atoms with E-state index < -0.39 is 0 Å². The largest absolute Gasteiger partial charge is 0.456 e. The van der Waals surface area contributed by atoms with Crippen LogP contribution < -0.4 is 0 Å². The van der Waals surface area contributed by atoms with Gasteiger partial charge in [-0.3, -0.25) is 0 Å². The van der Waals surface area contributed by atoms with E-state index in [2.05, 4.69) is 232 Å². The fourth-order valence-electron chi connectivity index (χ4n) is 11.4. The third-order valence-electron chi connectivity index (χ3n) is 15.1. The molecule has 2 heterocycles. The molecule has 2 aliphatic rings. The molecule has 0 saturated carbocycles. The quantitative estimate of drug-likeness (QED) is 0.157. The third-order valence-corrected chi connectivity index (χ3v) is 15.1. The Labute approximate surface area is 408 Å². The molecule has 0 saturated heterocycles. The number of furan rings is 1. The van der Waals surface area contributed by atoms with Crippen molar-refractivity contribution in [3.05, 3.63) is 257 Å². The summed E-state index contributed by atoms with van der Waals surface area (Å²) in [6, 6.07) is 79.3. The van der Waals surface area contributed by atoms with Gasteiger partial charge in [0, 0.05) is 21.9 Å². The van der Waals surface area contributed by atoms with E-state index in [9.17, 15) is 0 Å². The molecule has 0 amide bonds. The lowest BCUT2D eigenvalue weighted by atomic mass is 9.69. The molecule has 13 rings (SSSR count). The summed E-state index contributed by atoms with van der Waals surface area (Å²) in [7, 11) is 0. The van der Waals surface area contributed by atoms with Crippen LogP contribution in [0, 0.1) is 0 Å². The van der Waals surface area contributed by atoms with Gasteiger partial charge in [-0.2, -0.15) is 0 Å². The van der Waals surface area contributed by atoms with Crippen molar-refractivity contribution < 1.29 is 4.42 Å². The second kappa shape index (κ2) is 17.3. The summed E-state index contributed by atoms with van der Waals surface area (Å²) in [5, 5.41) is 7.14. The molecule has 334 valence electrons. The van der Waals surface area contributed by atoms with Gasteiger partial charge in [-0.25, -0.2) is 9.98 Å². The van der Waals surface area contributed by atoms with Crippen LogP contribution in [0.2, 0.25) is 0 Å². The van der Waals surface area contributed by atoms with Crippen LogP contribution in [0.3, 0.4) is 0 Å². The summed E-state index contributed by atoms with van der Waals surface area (Å²) in [4.78, 5) is 11.6. The van der Waals surface area contributed by atoms with Crippen LogP contribution in [0.5, 0.6) is 0 Å². The predicted molar refractivity (Wildman–Crippen MR) is 294 cm³/mol. The Morgan fingerprint density at radius 2 is 1.00 bits per heavy atom. The number of hydrogen-bond donors (Lipinski definition) is 0. The maximum absolute atomic E-state index is 6.89. The predicted octanol–water partition coefficient (Wildman–Crippen LogP) is 17.8. The highest BCUT2D eigenvalue weighted by atomic mass is 16.3. The topological polar surface area (TPSA) is 37.9 Å². The average molecular weight is 899 g/mol. The molecular formula is C67H50N2O. The number of benzene rings is 10. The highest BCUT2D eigenvalue weighted by Crippen LogP contribution is 2.51. The van der Waals surface area contributed by atoms with Crippen molar-refractivity contribution in [2.75, 3.05) is 0 Å². The first kappa shape index (κ1) is 41.8. The van der Waals surface area contributed by atoms with Crippen LogP contribution in [-0.2, 0) is 6.42 Å². The van der Waals surface area contributed by atoms with E-state index in [1.54, 1.807) is 0 Å². The van der Waals surface area contributed by atoms with E-state index in [1.807, 2.05) is 0 Å². The zero-order valence-corrected chi connectivity index (χ0v) is 39.4. The fraction of sp³-hybridized carbons (Fsp3) is 0.104. The molecule has 0 N–H and O–H groups in total. The van der Waals surface area contributed by atoms with Gasteiger partial charge in [0.1, 0.15) is 11.2 Å². The summed E-state index contributed by atoms with van der Waals surface area (Å²) in [5.41, 5.74) is 19.6. The minimum Gasteiger partial charge on any atom is -0.456 e. The number of aliphatic imine (C=N–C) groups is 2. The summed E-state index contributed by atoms with van der Waals surface area (Å²) in [6.45, 7) is 4.69. The molecule has 1 aliphatic carbocycles. The molecule has 0 fully saturated rings. The molecule has 11 aromatic rings. The minimum atomic E-state index is 0.157. The third kappa shape index (κ3) is 7.37. The Kier molecular flexibility index (Phi) is 10.3. The fourth-order valence-corrected chi connectivity index (χ4v) is 11.4. The second-order valence-electron chi connectivity index (χ2n) is 19.2. The molecule has 1 aromatic heterocycles. The molecule has 10 aromatic carbocycles. The van der Waals surface area contributed by atoms with Gasteiger partial charge in [-0.15, -0.1) is 0 Å². The molecule has 0 radical (unpaired) electrons. The van der Waals surface area contributed by atoms with E-state index in [-0.39, 0.29) is 11.8 Å². The standard InChI is InChI=1S/C67H50N2O/c1-42-25-35-62(48-30-26-46(27-31-48)44-15-5-3-6-16-44)68-67(69-66(42)49-32-28-47(29-33-49)45-17-7-4-8-18-45)56-34-36-63-65(61-39-52-21-11-12-22-53(52)40-64(61)70-63)60(56)41-58-43(2)57-37-50-19-9-10-20-51(50)38-59(57)55-24-14-13-23-54(55)58/h3-24,26-34,36-40,43,58H,25,35,41H2,1-2H3/b66-42+,68-62?,69-67?. The number of nitrogens with zero attached hydrogens (tertiary/aromatic N) is 2. The van der Waals surface area contributed by atoms with E-state index in [4.69, 9.17) is 14.4 Å². The zero-order chi connectivity index (χ0) is 46.7. The van der Waals surface area contributed by atoms with Gasteiger partial charge in [0.15, 0.2) is 5.84 Å².